The molecule has 148 valence electrons. The summed E-state index contributed by atoms with van der Waals surface area (Å²) < 4.78 is 7.95. The van der Waals surface area contributed by atoms with Crippen molar-refractivity contribution in [3.63, 3.8) is 0 Å². The molecule has 1 aliphatic rings. The van der Waals surface area contributed by atoms with Gasteiger partial charge in [0.25, 0.3) is 5.91 Å². The summed E-state index contributed by atoms with van der Waals surface area (Å²) in [6.45, 7) is 1.03. The summed E-state index contributed by atoms with van der Waals surface area (Å²) >= 11 is 3.44. The Morgan fingerprint density at radius 1 is 1.24 bits per heavy atom. The molecule has 7 nitrogen and oxygen atoms in total. The van der Waals surface area contributed by atoms with Gasteiger partial charge >= 0.3 is 0 Å². The van der Waals surface area contributed by atoms with Crippen LogP contribution in [0.5, 0.6) is 0 Å². The van der Waals surface area contributed by atoms with Gasteiger partial charge in [0.15, 0.2) is 11.5 Å². The number of carbonyl (C=O) groups excluding carboxylic acids is 2. The highest BCUT2D eigenvalue weighted by Crippen LogP contribution is 2.39. The zero-order valence-corrected chi connectivity index (χ0v) is 16.9. The molecule has 8 heteroatoms. The van der Waals surface area contributed by atoms with Crippen LogP contribution in [0.15, 0.2) is 81.6 Å². The lowest BCUT2D eigenvalue weighted by molar-refractivity contribution is -0.129. The third kappa shape index (κ3) is 3.75. The average Bonchev–Trinajstić information content (AvgIpc) is 3.46. The predicted molar refractivity (Wildman–Crippen MR) is 108 cm³/mol. The minimum atomic E-state index is -0.694. The monoisotopic (exact) mass is 455 g/mol. The molecule has 0 fully saturated rings. The topological polar surface area (TPSA) is 88.6 Å². The van der Waals surface area contributed by atoms with Crippen molar-refractivity contribution in [2.24, 2.45) is 0 Å². The zero-order chi connectivity index (χ0) is 20.4. The predicted octanol–water partition coefficient (Wildman–Crippen LogP) is 3.91. The van der Waals surface area contributed by atoms with E-state index in [0.29, 0.717) is 19.5 Å². The van der Waals surface area contributed by atoms with Crippen molar-refractivity contribution < 1.29 is 19.1 Å². The Hall–Kier alpha value is -3.13. The number of aryl methyl sites for hydroxylation is 1. The Kier molecular flexibility index (Phi) is 5.35. The first-order valence-electron chi connectivity index (χ1n) is 9.10. The molecule has 0 unspecified atom stereocenters. The summed E-state index contributed by atoms with van der Waals surface area (Å²) in [6, 6.07) is 9.79. The molecule has 1 atom stereocenters. The van der Waals surface area contributed by atoms with Gasteiger partial charge in [-0.3, -0.25) is 9.59 Å². The van der Waals surface area contributed by atoms with Gasteiger partial charge in [-0.2, -0.15) is 0 Å². The molecule has 0 bridgehead atoms. The van der Waals surface area contributed by atoms with E-state index in [1.54, 1.807) is 18.6 Å². The number of Topliss-reactive ketones (excluding diaryl/α,β-unsaturated/α-hetero) is 1. The van der Waals surface area contributed by atoms with Crippen LogP contribution in [0.25, 0.3) is 0 Å². The first-order valence-corrected chi connectivity index (χ1v) is 9.89. The maximum atomic E-state index is 13.0. The molecule has 0 spiro atoms. The number of carbonyl (C=O) groups is 2. The minimum Gasteiger partial charge on any atom is -0.503 e. The van der Waals surface area contributed by atoms with Crippen molar-refractivity contribution in [2.75, 3.05) is 6.54 Å². The van der Waals surface area contributed by atoms with Gasteiger partial charge in [-0.15, -0.1) is 0 Å². The van der Waals surface area contributed by atoms with Crippen LogP contribution in [-0.2, 0) is 11.3 Å². The fraction of sp³-hybridized carbons (Fsp3) is 0.190. The van der Waals surface area contributed by atoms with Gasteiger partial charge in [0, 0.05) is 30.0 Å². The molecule has 1 N–H and O–H groups in total. The van der Waals surface area contributed by atoms with Crippen LogP contribution in [0, 0.1) is 0 Å². The second-order valence-electron chi connectivity index (χ2n) is 6.68. The van der Waals surface area contributed by atoms with Crippen LogP contribution >= 0.6 is 15.9 Å². The maximum Gasteiger partial charge on any atom is 0.290 e. The number of nitrogens with zero attached hydrogens (tertiary/aromatic N) is 3. The van der Waals surface area contributed by atoms with E-state index >= 15 is 0 Å². The Morgan fingerprint density at radius 2 is 2.10 bits per heavy atom. The number of aromatic nitrogens is 2. The van der Waals surface area contributed by atoms with Crippen LogP contribution in [0.4, 0.5) is 0 Å². The van der Waals surface area contributed by atoms with Crippen molar-refractivity contribution in [1.82, 2.24) is 14.5 Å². The van der Waals surface area contributed by atoms with Crippen LogP contribution in [0.3, 0.4) is 0 Å². The number of rotatable bonds is 7. The fourth-order valence-electron chi connectivity index (χ4n) is 3.52. The van der Waals surface area contributed by atoms with Crippen molar-refractivity contribution in [1.29, 1.82) is 0 Å². The highest BCUT2D eigenvalue weighted by molar-refractivity contribution is 9.10. The van der Waals surface area contributed by atoms with Gasteiger partial charge in [-0.25, -0.2) is 4.98 Å². The summed E-state index contributed by atoms with van der Waals surface area (Å²) in [7, 11) is 0. The highest BCUT2D eigenvalue weighted by atomic mass is 79.9. The van der Waals surface area contributed by atoms with Gasteiger partial charge in [-0.1, -0.05) is 28.1 Å². The molecule has 1 amide bonds. The van der Waals surface area contributed by atoms with Crippen molar-refractivity contribution in [3.05, 3.63) is 88.5 Å². The standard InChI is InChI=1S/C21H18BrN3O4/c22-15-5-1-4-14(12-15)18-17(19(26)16-6-2-11-29-16)20(27)21(28)25(18)9-3-8-24-10-7-23-13-24/h1-2,4-7,10-13,18,27H,3,8-9H2/t18-/m1/s1. The number of hydrogen-bond donors (Lipinski definition) is 1. The second-order valence-corrected chi connectivity index (χ2v) is 7.59. The number of aliphatic hydroxyl groups excluding tert-OH is 1. The maximum absolute atomic E-state index is 13.0. The molecular weight excluding hydrogens is 438 g/mol. The molecule has 29 heavy (non-hydrogen) atoms. The molecule has 4 rings (SSSR count). The third-order valence-corrected chi connectivity index (χ3v) is 5.33. The summed E-state index contributed by atoms with van der Waals surface area (Å²) in [4.78, 5) is 31.4. The first kappa shape index (κ1) is 19.2. The number of amides is 1. The van der Waals surface area contributed by atoms with Gasteiger partial charge < -0.3 is 19.0 Å². The van der Waals surface area contributed by atoms with E-state index in [-0.39, 0.29) is 11.3 Å². The summed E-state index contributed by atoms with van der Waals surface area (Å²) in [5, 5.41) is 10.6. The quantitative estimate of drug-likeness (QED) is 0.545. The average molecular weight is 456 g/mol. The van der Waals surface area contributed by atoms with E-state index in [2.05, 4.69) is 20.9 Å². The van der Waals surface area contributed by atoms with E-state index in [1.165, 1.54) is 17.2 Å². The van der Waals surface area contributed by atoms with E-state index in [0.717, 1.165) is 10.0 Å². The SMILES string of the molecule is O=C(C1=C(O)C(=O)N(CCCn2ccnc2)[C@@H]1c1cccc(Br)c1)c1ccco1. The van der Waals surface area contributed by atoms with Crippen molar-refractivity contribution in [3.8, 4) is 0 Å². The van der Waals surface area contributed by atoms with E-state index in [4.69, 9.17) is 4.42 Å². The Labute approximate surface area is 175 Å². The van der Waals surface area contributed by atoms with Crippen LogP contribution in [0.2, 0.25) is 0 Å². The summed E-state index contributed by atoms with van der Waals surface area (Å²) in [6.07, 6.45) is 7.28. The number of furan rings is 1. The molecule has 3 aromatic rings. The molecular formula is C21H18BrN3O4. The zero-order valence-electron chi connectivity index (χ0n) is 15.4. The Balaban J connectivity index is 1.67. The number of imidazole rings is 1. The second kappa shape index (κ2) is 8.08. The fourth-order valence-corrected chi connectivity index (χ4v) is 3.94. The normalized spacial score (nSPS) is 16.7. The molecule has 0 saturated carbocycles. The first-order chi connectivity index (χ1) is 14.1. The number of benzene rings is 1. The molecule has 0 aliphatic carbocycles. The van der Waals surface area contributed by atoms with Gasteiger partial charge in [0.05, 0.1) is 24.2 Å². The van der Waals surface area contributed by atoms with E-state index in [1.807, 2.05) is 35.0 Å². The van der Waals surface area contributed by atoms with Crippen molar-refractivity contribution in [2.45, 2.75) is 19.0 Å². The number of halogens is 1. The van der Waals surface area contributed by atoms with Crippen molar-refractivity contribution >= 4 is 27.6 Å². The Bertz CT molecular complexity index is 1060. The lowest BCUT2D eigenvalue weighted by Gasteiger charge is -2.27. The number of aliphatic hydroxyl groups is 1. The molecule has 2 aromatic heterocycles. The molecule has 0 saturated heterocycles. The van der Waals surface area contributed by atoms with Gasteiger partial charge in [0.1, 0.15) is 0 Å². The van der Waals surface area contributed by atoms with E-state index in [9.17, 15) is 14.7 Å². The van der Waals surface area contributed by atoms with Gasteiger partial charge in [-0.05, 0) is 36.2 Å². The lowest BCUT2D eigenvalue weighted by atomic mass is 9.95. The molecule has 1 aromatic carbocycles. The third-order valence-electron chi connectivity index (χ3n) is 4.83. The number of ketones is 1. The molecule has 0 radical (unpaired) electrons. The van der Waals surface area contributed by atoms with Crippen LogP contribution in [-0.4, -0.2) is 37.8 Å². The minimum absolute atomic E-state index is 0.0330. The summed E-state index contributed by atoms with van der Waals surface area (Å²) in [5.41, 5.74) is 0.764. The largest absolute Gasteiger partial charge is 0.503 e. The molecule has 1 aliphatic heterocycles. The van der Waals surface area contributed by atoms with Crippen LogP contribution < -0.4 is 0 Å². The lowest BCUT2D eigenvalue weighted by Crippen LogP contribution is -2.32. The highest BCUT2D eigenvalue weighted by Gasteiger charge is 2.44. The van der Waals surface area contributed by atoms with Crippen LogP contribution in [0.1, 0.15) is 28.6 Å². The number of hydrogen-bond acceptors (Lipinski definition) is 5. The Morgan fingerprint density at radius 3 is 2.79 bits per heavy atom. The molecule has 3 heterocycles. The van der Waals surface area contributed by atoms with E-state index < -0.39 is 23.5 Å². The van der Waals surface area contributed by atoms with Gasteiger partial charge in [0.2, 0.25) is 5.78 Å². The smallest absolute Gasteiger partial charge is 0.290 e. The summed E-state index contributed by atoms with van der Waals surface area (Å²) in [5.74, 6) is -1.50.